The van der Waals surface area contributed by atoms with Crippen molar-refractivity contribution in [2.75, 3.05) is 0 Å². The third-order valence-electron chi connectivity index (χ3n) is 5.57. The molecule has 0 amide bonds. The quantitative estimate of drug-likeness (QED) is 0.468. The van der Waals surface area contributed by atoms with Gasteiger partial charge in [0, 0.05) is 23.3 Å². The molecule has 31 heavy (non-hydrogen) atoms. The molecule has 2 aromatic rings. The molecule has 2 atom stereocenters. The van der Waals surface area contributed by atoms with Crippen molar-refractivity contribution in [3.8, 4) is 28.7 Å². The van der Waals surface area contributed by atoms with Gasteiger partial charge < -0.3 is 25.2 Å². The number of Topliss-reactive ketones (excluding diaryl/α,β-unsaturated/α-hetero) is 1. The summed E-state index contributed by atoms with van der Waals surface area (Å²) in [6, 6.07) is 5.23. The molecule has 6 heteroatoms. The number of rotatable bonds is 6. The lowest BCUT2D eigenvalue weighted by Gasteiger charge is -2.29. The first kappa shape index (κ1) is 22.3. The highest BCUT2D eigenvalue weighted by molar-refractivity contribution is 6.03. The number of hydrogen-bond donors (Lipinski definition) is 4. The summed E-state index contributed by atoms with van der Waals surface area (Å²) in [5.74, 6) is -1.05. The third-order valence-corrected chi connectivity index (χ3v) is 5.57. The van der Waals surface area contributed by atoms with Gasteiger partial charge in [0.25, 0.3) is 0 Å². The van der Waals surface area contributed by atoms with Crippen LogP contribution in [0.1, 0.15) is 61.2 Å². The second kappa shape index (κ2) is 8.76. The van der Waals surface area contributed by atoms with Gasteiger partial charge in [0.15, 0.2) is 5.78 Å². The van der Waals surface area contributed by atoms with Crippen molar-refractivity contribution in [1.82, 2.24) is 0 Å². The molecule has 3 rings (SSSR count). The molecule has 0 radical (unpaired) electrons. The first-order valence-corrected chi connectivity index (χ1v) is 10.2. The van der Waals surface area contributed by atoms with Gasteiger partial charge in [0.05, 0.1) is 6.42 Å². The highest BCUT2D eigenvalue weighted by Crippen LogP contribution is 2.47. The number of fused-ring (bicyclic) bond motifs is 1. The molecule has 1 heterocycles. The molecule has 0 bridgehead atoms. The first-order valence-electron chi connectivity index (χ1n) is 10.2. The molecule has 0 aromatic heterocycles. The van der Waals surface area contributed by atoms with E-state index in [9.17, 15) is 25.2 Å². The van der Waals surface area contributed by atoms with Crippen molar-refractivity contribution in [3.63, 3.8) is 0 Å². The number of carbonyl (C=O) groups excluding carboxylic acids is 1. The summed E-state index contributed by atoms with van der Waals surface area (Å²) in [6.07, 6.45) is 2.26. The molecule has 0 saturated heterocycles. The minimum absolute atomic E-state index is 0.00408. The van der Waals surface area contributed by atoms with Crippen molar-refractivity contribution in [1.29, 1.82) is 0 Å². The number of ketones is 1. The molecule has 164 valence electrons. The summed E-state index contributed by atoms with van der Waals surface area (Å²) in [7, 11) is 0. The lowest BCUT2D eigenvalue weighted by atomic mass is 9.86. The van der Waals surface area contributed by atoms with Crippen LogP contribution < -0.4 is 4.74 Å². The van der Waals surface area contributed by atoms with Crippen molar-refractivity contribution >= 4 is 5.78 Å². The average molecular weight is 424 g/mol. The molecule has 0 fully saturated rings. The normalized spacial score (nSPS) is 16.2. The number of carbonyl (C=O) groups is 1. The maximum atomic E-state index is 12.9. The van der Waals surface area contributed by atoms with Gasteiger partial charge in [-0.15, -0.1) is 0 Å². The number of ether oxygens (including phenoxy) is 1. The van der Waals surface area contributed by atoms with Gasteiger partial charge in [-0.25, -0.2) is 0 Å². The van der Waals surface area contributed by atoms with Gasteiger partial charge in [-0.3, -0.25) is 4.79 Å². The first-order chi connectivity index (χ1) is 14.6. The van der Waals surface area contributed by atoms with E-state index in [-0.39, 0.29) is 52.4 Å². The van der Waals surface area contributed by atoms with E-state index in [0.717, 1.165) is 11.1 Å². The number of phenolic OH excluding ortho intramolecular Hbond substituents is 4. The Morgan fingerprint density at radius 1 is 1.13 bits per heavy atom. The SMILES string of the molecule is C=C(C)C(CC=C(C)C)Cc1c(O)cc(O)c2c1O[C@@H](c1ccc(O)cc1O)CC2=O. The van der Waals surface area contributed by atoms with E-state index in [1.807, 2.05) is 20.8 Å². The molecular weight excluding hydrogens is 396 g/mol. The maximum Gasteiger partial charge on any atom is 0.174 e. The fraction of sp³-hybridized carbons (Fsp3) is 0.320. The monoisotopic (exact) mass is 424 g/mol. The number of hydrogen-bond acceptors (Lipinski definition) is 6. The summed E-state index contributed by atoms with van der Waals surface area (Å²) in [5, 5.41) is 40.7. The summed E-state index contributed by atoms with van der Waals surface area (Å²) >= 11 is 0. The Hall–Kier alpha value is -3.41. The Balaban J connectivity index is 2.06. The van der Waals surface area contributed by atoms with E-state index in [2.05, 4.69) is 12.7 Å². The Morgan fingerprint density at radius 2 is 1.84 bits per heavy atom. The lowest BCUT2D eigenvalue weighted by molar-refractivity contribution is 0.0839. The number of aromatic hydroxyl groups is 4. The largest absolute Gasteiger partial charge is 0.508 e. The molecular formula is C25H28O6. The Kier molecular flexibility index (Phi) is 6.29. The van der Waals surface area contributed by atoms with E-state index < -0.39 is 6.10 Å². The van der Waals surface area contributed by atoms with Crippen LogP contribution >= 0.6 is 0 Å². The molecule has 1 aliphatic rings. The Morgan fingerprint density at radius 3 is 2.45 bits per heavy atom. The molecule has 0 saturated carbocycles. The van der Waals surface area contributed by atoms with Crippen LogP contribution in [0.2, 0.25) is 0 Å². The van der Waals surface area contributed by atoms with Crippen molar-refractivity contribution in [3.05, 3.63) is 64.8 Å². The van der Waals surface area contributed by atoms with E-state index in [1.54, 1.807) is 0 Å². The Labute approximate surface area is 181 Å². The minimum Gasteiger partial charge on any atom is -0.508 e. The third kappa shape index (κ3) is 4.68. The van der Waals surface area contributed by atoms with Crippen LogP contribution in [0.15, 0.2) is 48.1 Å². The van der Waals surface area contributed by atoms with Gasteiger partial charge in [-0.1, -0.05) is 23.8 Å². The van der Waals surface area contributed by atoms with Crippen molar-refractivity contribution < 1.29 is 30.0 Å². The molecule has 1 unspecified atom stereocenters. The second-order valence-electron chi connectivity index (χ2n) is 8.34. The Bertz CT molecular complexity index is 1060. The molecule has 4 N–H and O–H groups in total. The van der Waals surface area contributed by atoms with Crippen LogP contribution in [0.3, 0.4) is 0 Å². The van der Waals surface area contributed by atoms with Gasteiger partial charge in [0.2, 0.25) is 0 Å². The topological polar surface area (TPSA) is 107 Å². The molecule has 1 aliphatic heterocycles. The van der Waals surface area contributed by atoms with Crippen LogP contribution in [-0.2, 0) is 6.42 Å². The van der Waals surface area contributed by atoms with Gasteiger partial charge >= 0.3 is 0 Å². The zero-order chi connectivity index (χ0) is 22.9. The summed E-state index contributed by atoms with van der Waals surface area (Å²) in [4.78, 5) is 12.9. The number of benzene rings is 2. The summed E-state index contributed by atoms with van der Waals surface area (Å²) in [5.41, 5.74) is 2.88. The van der Waals surface area contributed by atoms with Gasteiger partial charge in [-0.2, -0.15) is 0 Å². The van der Waals surface area contributed by atoms with Gasteiger partial charge in [-0.05, 0) is 51.7 Å². The lowest BCUT2D eigenvalue weighted by Crippen LogP contribution is -2.22. The summed E-state index contributed by atoms with van der Waals surface area (Å²) in [6.45, 7) is 9.99. The fourth-order valence-electron chi connectivity index (χ4n) is 3.78. The fourth-order valence-corrected chi connectivity index (χ4v) is 3.78. The van der Waals surface area contributed by atoms with E-state index in [0.29, 0.717) is 24.0 Å². The minimum atomic E-state index is -0.818. The van der Waals surface area contributed by atoms with Crippen LogP contribution in [-0.4, -0.2) is 26.2 Å². The smallest absolute Gasteiger partial charge is 0.174 e. The predicted octanol–water partition coefficient (Wildman–Crippen LogP) is 5.31. The highest BCUT2D eigenvalue weighted by Gasteiger charge is 2.35. The predicted molar refractivity (Wildman–Crippen MR) is 118 cm³/mol. The van der Waals surface area contributed by atoms with Crippen molar-refractivity contribution in [2.24, 2.45) is 5.92 Å². The molecule has 2 aromatic carbocycles. The van der Waals surface area contributed by atoms with Crippen LogP contribution in [0.4, 0.5) is 0 Å². The van der Waals surface area contributed by atoms with E-state index in [1.165, 1.54) is 24.3 Å². The van der Waals surface area contributed by atoms with E-state index in [4.69, 9.17) is 4.74 Å². The zero-order valence-electron chi connectivity index (χ0n) is 18.0. The molecule has 0 spiro atoms. The standard InChI is InChI=1S/C25H28O6/c1-13(2)5-6-15(14(3)4)9-18-20(28)11-21(29)24-22(30)12-23(31-25(18)24)17-8-7-16(26)10-19(17)27/h5,7-8,10-11,15,23,26-29H,3,6,9,12H2,1-2,4H3/t15?,23-/m1/s1. The van der Waals surface area contributed by atoms with Crippen molar-refractivity contribution in [2.45, 2.75) is 46.1 Å². The average Bonchev–Trinajstić information content (AvgIpc) is 2.66. The van der Waals surface area contributed by atoms with E-state index >= 15 is 0 Å². The zero-order valence-corrected chi connectivity index (χ0v) is 18.0. The second-order valence-corrected chi connectivity index (χ2v) is 8.34. The highest BCUT2D eigenvalue weighted by atomic mass is 16.5. The molecule has 0 aliphatic carbocycles. The van der Waals surface area contributed by atoms with Crippen LogP contribution in [0.5, 0.6) is 28.7 Å². The number of allylic oxidation sites excluding steroid dienone is 3. The van der Waals surface area contributed by atoms with Gasteiger partial charge in [0.1, 0.15) is 40.4 Å². The van der Waals surface area contributed by atoms with Crippen LogP contribution in [0.25, 0.3) is 0 Å². The maximum absolute atomic E-state index is 12.9. The summed E-state index contributed by atoms with van der Waals surface area (Å²) < 4.78 is 6.08. The number of phenols is 4. The molecule has 6 nitrogen and oxygen atoms in total. The van der Waals surface area contributed by atoms with Crippen LogP contribution in [0, 0.1) is 5.92 Å².